The minimum atomic E-state index is -0.410. The van der Waals surface area contributed by atoms with Crippen LogP contribution >= 0.6 is 11.8 Å². The lowest BCUT2D eigenvalue weighted by atomic mass is 9.91. The lowest BCUT2D eigenvalue weighted by molar-refractivity contribution is -0.387. The number of likely N-dealkylation sites (tertiary alicyclic amines) is 1. The number of nitrogens with zero attached hydrogens (tertiary/aromatic N) is 3. The van der Waals surface area contributed by atoms with Crippen molar-refractivity contribution in [1.29, 1.82) is 0 Å². The van der Waals surface area contributed by atoms with E-state index >= 15 is 0 Å². The fraction of sp³-hybridized carbons (Fsp3) is 0.400. The first-order valence-corrected chi connectivity index (χ1v) is 10.0. The van der Waals surface area contributed by atoms with Gasteiger partial charge < -0.3 is 4.90 Å². The number of carbonyl (C=O) groups is 1. The molecule has 0 radical (unpaired) electrons. The Kier molecular flexibility index (Phi) is 6.11. The summed E-state index contributed by atoms with van der Waals surface area (Å²) < 4.78 is 0. The molecule has 1 aliphatic rings. The van der Waals surface area contributed by atoms with E-state index in [2.05, 4.69) is 18.8 Å². The van der Waals surface area contributed by atoms with E-state index in [4.69, 9.17) is 0 Å². The normalized spacial score (nSPS) is 19.7. The Morgan fingerprint density at radius 1 is 1.22 bits per heavy atom. The number of aromatic nitrogens is 1. The molecule has 27 heavy (non-hydrogen) atoms. The lowest BCUT2D eigenvalue weighted by Crippen LogP contribution is -2.42. The number of nitro benzene ring substituents is 1. The largest absolute Gasteiger partial charge is 0.338 e. The minimum Gasteiger partial charge on any atom is -0.338 e. The first-order valence-electron chi connectivity index (χ1n) is 9.03. The molecule has 7 heteroatoms. The highest BCUT2D eigenvalue weighted by molar-refractivity contribution is 7.98. The van der Waals surface area contributed by atoms with E-state index in [0.717, 1.165) is 12.0 Å². The zero-order valence-electron chi connectivity index (χ0n) is 15.5. The van der Waals surface area contributed by atoms with Gasteiger partial charge >= 0.3 is 0 Å². The summed E-state index contributed by atoms with van der Waals surface area (Å²) in [5.74, 6) is 1.38. The average molecular weight is 385 g/mol. The van der Waals surface area contributed by atoms with Gasteiger partial charge in [0.2, 0.25) is 0 Å². The fourth-order valence-electron chi connectivity index (χ4n) is 3.57. The molecule has 1 aromatic heterocycles. The molecule has 1 fully saturated rings. The van der Waals surface area contributed by atoms with Crippen molar-refractivity contribution in [2.45, 2.75) is 30.9 Å². The predicted molar refractivity (Wildman–Crippen MR) is 106 cm³/mol. The summed E-state index contributed by atoms with van der Waals surface area (Å²) in [6, 6.07) is 8.58. The van der Waals surface area contributed by atoms with Crippen LogP contribution in [0.3, 0.4) is 0 Å². The number of thioether (sulfide) groups is 1. The van der Waals surface area contributed by atoms with Crippen LogP contribution in [0.2, 0.25) is 0 Å². The van der Waals surface area contributed by atoms with Gasteiger partial charge in [-0.1, -0.05) is 13.8 Å². The van der Waals surface area contributed by atoms with Gasteiger partial charge in [-0.3, -0.25) is 19.9 Å². The van der Waals surface area contributed by atoms with E-state index < -0.39 is 4.92 Å². The Balaban J connectivity index is 1.78. The second-order valence-electron chi connectivity index (χ2n) is 7.24. The van der Waals surface area contributed by atoms with Crippen LogP contribution in [0, 0.1) is 22.0 Å². The van der Waals surface area contributed by atoms with Gasteiger partial charge in [-0.25, -0.2) is 0 Å². The lowest BCUT2D eigenvalue weighted by Gasteiger charge is -2.35. The highest BCUT2D eigenvalue weighted by Gasteiger charge is 2.27. The van der Waals surface area contributed by atoms with E-state index in [1.165, 1.54) is 17.8 Å². The van der Waals surface area contributed by atoms with Gasteiger partial charge in [0, 0.05) is 42.9 Å². The molecular formula is C20H23N3O3S. The molecule has 3 rings (SSSR count). The van der Waals surface area contributed by atoms with Gasteiger partial charge in [0.25, 0.3) is 11.6 Å². The quantitative estimate of drug-likeness (QED) is 0.433. The summed E-state index contributed by atoms with van der Waals surface area (Å²) in [5, 5.41) is 11.5. The predicted octanol–water partition coefficient (Wildman–Crippen LogP) is 4.40. The maximum Gasteiger partial charge on any atom is 0.283 e. The van der Waals surface area contributed by atoms with Crippen LogP contribution in [0.5, 0.6) is 0 Å². The fourth-order valence-corrected chi connectivity index (χ4v) is 4.53. The number of benzene rings is 1. The summed E-state index contributed by atoms with van der Waals surface area (Å²) in [6.45, 7) is 5.68. The Hall–Kier alpha value is -2.41. The molecule has 2 heterocycles. The Labute approximate surface area is 163 Å². The molecule has 0 N–H and O–H groups in total. The first kappa shape index (κ1) is 19.4. The maximum absolute atomic E-state index is 12.8. The third-order valence-corrected chi connectivity index (χ3v) is 5.84. The third-order valence-electron chi connectivity index (χ3n) is 4.70. The summed E-state index contributed by atoms with van der Waals surface area (Å²) >= 11 is 1.39. The smallest absolute Gasteiger partial charge is 0.283 e. The SMILES string of the molecule is CC1CC(C)CN(C(=O)c2ccc(SCc3ccncc3)c([N+](=O)[O-])c2)C1. The van der Waals surface area contributed by atoms with E-state index in [1.54, 1.807) is 24.5 Å². The van der Waals surface area contributed by atoms with Gasteiger partial charge in [-0.15, -0.1) is 11.8 Å². The van der Waals surface area contributed by atoms with Gasteiger partial charge in [0.15, 0.2) is 0 Å². The Bertz CT molecular complexity index is 818. The van der Waals surface area contributed by atoms with E-state index in [1.807, 2.05) is 17.0 Å². The van der Waals surface area contributed by atoms with Crippen LogP contribution < -0.4 is 0 Å². The Morgan fingerprint density at radius 2 is 1.89 bits per heavy atom. The number of piperidine rings is 1. The standard InChI is InChI=1S/C20H23N3O3S/c1-14-9-15(2)12-22(11-14)20(24)17-3-4-19(18(10-17)23(25)26)27-13-16-5-7-21-8-6-16/h3-8,10,14-15H,9,11-13H2,1-2H3. The van der Waals surface area contributed by atoms with E-state index in [-0.39, 0.29) is 11.6 Å². The van der Waals surface area contributed by atoms with Crippen LogP contribution in [0.15, 0.2) is 47.6 Å². The van der Waals surface area contributed by atoms with Gasteiger partial charge in [0.1, 0.15) is 0 Å². The van der Waals surface area contributed by atoms with Crippen LogP contribution in [-0.4, -0.2) is 33.8 Å². The zero-order chi connectivity index (χ0) is 19.4. The van der Waals surface area contributed by atoms with Crippen LogP contribution in [0.4, 0.5) is 5.69 Å². The van der Waals surface area contributed by atoms with Crippen LogP contribution in [0.1, 0.15) is 36.2 Å². The molecule has 0 aliphatic carbocycles. The summed E-state index contributed by atoms with van der Waals surface area (Å²) in [4.78, 5) is 30.3. The second-order valence-corrected chi connectivity index (χ2v) is 8.26. The van der Waals surface area contributed by atoms with Gasteiger partial charge in [0.05, 0.1) is 9.82 Å². The molecule has 0 saturated carbocycles. The minimum absolute atomic E-state index is 0.0157. The van der Waals surface area contributed by atoms with Crippen LogP contribution in [-0.2, 0) is 5.75 Å². The number of hydrogen-bond donors (Lipinski definition) is 0. The van der Waals surface area contributed by atoms with Crippen molar-refractivity contribution in [3.05, 3.63) is 64.0 Å². The molecular weight excluding hydrogens is 362 g/mol. The summed E-state index contributed by atoms with van der Waals surface area (Å²) in [7, 11) is 0. The van der Waals surface area contributed by atoms with Crippen molar-refractivity contribution in [2.75, 3.05) is 13.1 Å². The highest BCUT2D eigenvalue weighted by Crippen LogP contribution is 2.33. The van der Waals surface area contributed by atoms with E-state index in [0.29, 0.717) is 41.1 Å². The first-order chi connectivity index (χ1) is 12.9. The van der Waals surface area contributed by atoms with Crippen molar-refractivity contribution >= 4 is 23.4 Å². The highest BCUT2D eigenvalue weighted by atomic mass is 32.2. The Morgan fingerprint density at radius 3 is 2.52 bits per heavy atom. The molecule has 2 aromatic rings. The molecule has 1 aliphatic heterocycles. The topological polar surface area (TPSA) is 76.3 Å². The van der Waals surface area contributed by atoms with Crippen molar-refractivity contribution in [1.82, 2.24) is 9.88 Å². The monoisotopic (exact) mass is 385 g/mol. The number of hydrogen-bond acceptors (Lipinski definition) is 5. The molecule has 2 atom stereocenters. The van der Waals surface area contributed by atoms with Gasteiger partial charge in [-0.2, -0.15) is 0 Å². The second kappa shape index (κ2) is 8.52. The van der Waals surface area contributed by atoms with E-state index in [9.17, 15) is 14.9 Å². The van der Waals surface area contributed by atoms with Gasteiger partial charge in [-0.05, 0) is 48.1 Å². The molecule has 2 unspecified atom stereocenters. The van der Waals surface area contributed by atoms with Crippen molar-refractivity contribution in [3.63, 3.8) is 0 Å². The van der Waals surface area contributed by atoms with Crippen molar-refractivity contribution in [3.8, 4) is 0 Å². The number of amides is 1. The number of rotatable bonds is 5. The molecule has 0 bridgehead atoms. The summed E-state index contributed by atoms with van der Waals surface area (Å²) in [6.07, 6.45) is 4.51. The maximum atomic E-state index is 12.8. The summed E-state index contributed by atoms with van der Waals surface area (Å²) in [5.41, 5.74) is 1.41. The molecule has 1 amide bonds. The molecule has 6 nitrogen and oxygen atoms in total. The molecule has 1 saturated heterocycles. The van der Waals surface area contributed by atoms with Crippen molar-refractivity contribution < 1.29 is 9.72 Å². The molecule has 142 valence electrons. The zero-order valence-corrected chi connectivity index (χ0v) is 16.3. The average Bonchev–Trinajstić information content (AvgIpc) is 2.65. The third kappa shape index (κ3) is 4.86. The molecule has 1 aromatic carbocycles. The number of pyridine rings is 1. The van der Waals surface area contributed by atoms with Crippen LogP contribution in [0.25, 0.3) is 0 Å². The van der Waals surface area contributed by atoms with Crippen molar-refractivity contribution in [2.24, 2.45) is 11.8 Å². The number of carbonyl (C=O) groups excluding carboxylic acids is 1. The molecule has 0 spiro atoms. The number of nitro groups is 1.